The predicted octanol–water partition coefficient (Wildman–Crippen LogP) is 1.42. The largest absolute Gasteiger partial charge is 0.497 e. The molecule has 0 aliphatic carbocycles. The van der Waals surface area contributed by atoms with Gasteiger partial charge in [0.25, 0.3) is 0 Å². The van der Waals surface area contributed by atoms with Crippen molar-refractivity contribution in [3.05, 3.63) is 30.2 Å². The van der Waals surface area contributed by atoms with Crippen LogP contribution < -0.4 is 10.1 Å². The molecule has 0 bridgehead atoms. The molecule has 3 rings (SSSR count). The molecule has 138 valence electrons. The zero-order valence-corrected chi connectivity index (χ0v) is 14.7. The van der Waals surface area contributed by atoms with Crippen LogP contribution in [0.3, 0.4) is 0 Å². The fraction of sp³-hybridized carbons (Fsp3) is 0.444. The first-order chi connectivity index (χ1) is 12.7. The highest BCUT2D eigenvalue weighted by molar-refractivity contribution is 5.85. The Balaban J connectivity index is 1.50. The van der Waals surface area contributed by atoms with E-state index < -0.39 is 0 Å². The molecule has 1 aromatic carbocycles. The zero-order valence-electron chi connectivity index (χ0n) is 14.7. The molecule has 26 heavy (non-hydrogen) atoms. The lowest BCUT2D eigenvalue weighted by Gasteiger charge is -2.26. The molecule has 0 radical (unpaired) electrons. The van der Waals surface area contributed by atoms with E-state index in [-0.39, 0.29) is 30.7 Å². The Morgan fingerprint density at radius 3 is 2.62 bits per heavy atom. The second-order valence-corrected chi connectivity index (χ2v) is 6.14. The van der Waals surface area contributed by atoms with Gasteiger partial charge in [0, 0.05) is 18.7 Å². The van der Waals surface area contributed by atoms with Crippen molar-refractivity contribution in [1.29, 1.82) is 0 Å². The van der Waals surface area contributed by atoms with Crippen LogP contribution >= 0.6 is 0 Å². The van der Waals surface area contributed by atoms with Gasteiger partial charge in [0.1, 0.15) is 12.2 Å². The van der Waals surface area contributed by atoms with Crippen LogP contribution in [0.1, 0.15) is 25.2 Å². The van der Waals surface area contributed by atoms with E-state index >= 15 is 0 Å². The van der Waals surface area contributed by atoms with Crippen molar-refractivity contribution >= 4 is 11.8 Å². The van der Waals surface area contributed by atoms with E-state index in [1.807, 2.05) is 12.1 Å². The summed E-state index contributed by atoms with van der Waals surface area (Å²) in [4.78, 5) is 30.1. The number of hydrogen-bond donors (Lipinski definition) is 1. The van der Waals surface area contributed by atoms with Crippen LogP contribution in [-0.4, -0.2) is 53.6 Å². The van der Waals surface area contributed by atoms with E-state index in [0.717, 1.165) is 43.7 Å². The fourth-order valence-corrected chi connectivity index (χ4v) is 2.81. The van der Waals surface area contributed by atoms with Gasteiger partial charge in [-0.25, -0.2) is 0 Å². The quantitative estimate of drug-likeness (QED) is 0.839. The van der Waals surface area contributed by atoms with Crippen LogP contribution in [0.2, 0.25) is 0 Å². The number of rotatable bonds is 6. The standard InChI is InChI=1S/C18H22N4O4/c1-25-14-7-5-13(6-8-14)18-20-16(26-21-18)11-15(23)19-12-17(24)22-9-3-2-4-10-22/h5-8H,2-4,9-12H2,1H3,(H,19,23). The Labute approximate surface area is 151 Å². The number of ether oxygens (including phenoxy) is 1. The van der Waals surface area contributed by atoms with Crippen molar-refractivity contribution in [2.75, 3.05) is 26.7 Å². The highest BCUT2D eigenvalue weighted by Crippen LogP contribution is 2.19. The van der Waals surface area contributed by atoms with Crippen LogP contribution in [0.4, 0.5) is 0 Å². The fourth-order valence-electron chi connectivity index (χ4n) is 2.81. The molecule has 0 unspecified atom stereocenters. The van der Waals surface area contributed by atoms with Crippen molar-refractivity contribution in [1.82, 2.24) is 20.4 Å². The molecule has 8 nitrogen and oxygen atoms in total. The Morgan fingerprint density at radius 2 is 1.92 bits per heavy atom. The summed E-state index contributed by atoms with van der Waals surface area (Å²) in [7, 11) is 1.59. The highest BCUT2D eigenvalue weighted by atomic mass is 16.5. The minimum absolute atomic E-state index is 0.00168. The van der Waals surface area contributed by atoms with E-state index in [1.54, 1.807) is 24.1 Å². The maximum absolute atomic E-state index is 12.0. The Kier molecular flexibility index (Phi) is 5.83. The van der Waals surface area contributed by atoms with Crippen LogP contribution in [0.25, 0.3) is 11.4 Å². The van der Waals surface area contributed by atoms with Crippen LogP contribution in [-0.2, 0) is 16.0 Å². The van der Waals surface area contributed by atoms with Crippen molar-refractivity contribution < 1.29 is 18.8 Å². The van der Waals surface area contributed by atoms with Crippen LogP contribution in [0.15, 0.2) is 28.8 Å². The Hall–Kier alpha value is -2.90. The molecule has 1 fully saturated rings. The Morgan fingerprint density at radius 1 is 1.19 bits per heavy atom. The third-order valence-electron chi connectivity index (χ3n) is 4.27. The second-order valence-electron chi connectivity index (χ2n) is 6.14. The van der Waals surface area contributed by atoms with E-state index in [1.165, 1.54) is 0 Å². The molecule has 2 aromatic rings. The molecular weight excluding hydrogens is 336 g/mol. The summed E-state index contributed by atoms with van der Waals surface area (Å²) in [6.45, 7) is 1.53. The first-order valence-electron chi connectivity index (χ1n) is 8.67. The molecule has 0 spiro atoms. The number of aromatic nitrogens is 2. The summed E-state index contributed by atoms with van der Waals surface area (Å²) in [6, 6.07) is 7.21. The molecule has 1 saturated heterocycles. The number of carbonyl (C=O) groups is 2. The van der Waals surface area contributed by atoms with E-state index in [4.69, 9.17) is 9.26 Å². The summed E-state index contributed by atoms with van der Waals surface area (Å²) >= 11 is 0. The average molecular weight is 358 g/mol. The van der Waals surface area contributed by atoms with Gasteiger partial charge in [-0.05, 0) is 43.5 Å². The number of hydrogen-bond acceptors (Lipinski definition) is 6. The van der Waals surface area contributed by atoms with Gasteiger partial charge in [-0.3, -0.25) is 9.59 Å². The first-order valence-corrected chi connectivity index (χ1v) is 8.67. The lowest BCUT2D eigenvalue weighted by Crippen LogP contribution is -2.42. The Bertz CT molecular complexity index is 751. The van der Waals surface area contributed by atoms with Gasteiger partial charge in [-0.2, -0.15) is 4.98 Å². The number of nitrogens with one attached hydrogen (secondary N) is 1. The van der Waals surface area contributed by atoms with Crippen molar-refractivity contribution in [3.63, 3.8) is 0 Å². The van der Waals surface area contributed by atoms with Gasteiger partial charge < -0.3 is 19.5 Å². The molecule has 1 aliphatic heterocycles. The lowest BCUT2D eigenvalue weighted by atomic mass is 10.1. The molecule has 2 heterocycles. The third kappa shape index (κ3) is 4.59. The summed E-state index contributed by atoms with van der Waals surface area (Å²) in [5.41, 5.74) is 0.765. The predicted molar refractivity (Wildman–Crippen MR) is 93.4 cm³/mol. The summed E-state index contributed by atoms with van der Waals surface area (Å²) in [6.07, 6.45) is 3.14. The summed E-state index contributed by atoms with van der Waals surface area (Å²) in [5, 5.41) is 6.50. The SMILES string of the molecule is COc1ccc(-c2noc(CC(=O)NCC(=O)N3CCCCC3)n2)cc1. The number of benzene rings is 1. The lowest BCUT2D eigenvalue weighted by molar-refractivity contribution is -0.133. The molecular formula is C18H22N4O4. The number of methoxy groups -OCH3 is 1. The smallest absolute Gasteiger partial charge is 0.241 e. The zero-order chi connectivity index (χ0) is 18.4. The third-order valence-corrected chi connectivity index (χ3v) is 4.27. The maximum atomic E-state index is 12.0. The summed E-state index contributed by atoms with van der Waals surface area (Å²) in [5.74, 6) is 0.969. The second kappa shape index (κ2) is 8.46. The van der Waals surface area contributed by atoms with E-state index in [0.29, 0.717) is 5.82 Å². The highest BCUT2D eigenvalue weighted by Gasteiger charge is 2.18. The average Bonchev–Trinajstić information content (AvgIpc) is 3.15. The van der Waals surface area contributed by atoms with Gasteiger partial charge in [-0.1, -0.05) is 5.16 Å². The van der Waals surface area contributed by atoms with Gasteiger partial charge >= 0.3 is 0 Å². The van der Waals surface area contributed by atoms with Gasteiger partial charge in [0.15, 0.2) is 0 Å². The molecule has 0 saturated carbocycles. The number of likely N-dealkylation sites (tertiary alicyclic amines) is 1. The van der Waals surface area contributed by atoms with E-state index in [9.17, 15) is 9.59 Å². The molecule has 1 N–H and O–H groups in total. The topological polar surface area (TPSA) is 97.6 Å². The normalized spacial score (nSPS) is 14.1. The minimum Gasteiger partial charge on any atom is -0.497 e. The molecule has 8 heteroatoms. The van der Waals surface area contributed by atoms with E-state index in [2.05, 4.69) is 15.5 Å². The number of piperidine rings is 1. The molecule has 1 aliphatic rings. The van der Waals surface area contributed by atoms with Gasteiger partial charge in [-0.15, -0.1) is 0 Å². The number of nitrogens with zero attached hydrogens (tertiary/aromatic N) is 3. The molecule has 0 atom stereocenters. The van der Waals surface area contributed by atoms with Crippen molar-refractivity contribution in [2.24, 2.45) is 0 Å². The summed E-state index contributed by atoms with van der Waals surface area (Å²) < 4.78 is 10.2. The van der Waals surface area contributed by atoms with Crippen molar-refractivity contribution in [2.45, 2.75) is 25.7 Å². The molecule has 1 aromatic heterocycles. The van der Waals surface area contributed by atoms with Gasteiger partial charge in [0.05, 0.1) is 13.7 Å². The number of carbonyl (C=O) groups excluding carboxylic acids is 2. The van der Waals surface area contributed by atoms with Crippen LogP contribution in [0.5, 0.6) is 5.75 Å². The molecule has 2 amide bonds. The van der Waals surface area contributed by atoms with Crippen LogP contribution in [0, 0.1) is 0 Å². The minimum atomic E-state index is -0.319. The van der Waals surface area contributed by atoms with Gasteiger partial charge in [0.2, 0.25) is 23.5 Å². The maximum Gasteiger partial charge on any atom is 0.241 e. The van der Waals surface area contributed by atoms with Crippen molar-refractivity contribution in [3.8, 4) is 17.1 Å². The first kappa shape index (κ1) is 17.9. The monoisotopic (exact) mass is 358 g/mol. The number of amides is 2.